The molecule has 0 radical (unpaired) electrons. The van der Waals surface area contributed by atoms with Crippen LogP contribution in [0.2, 0.25) is 0 Å². The fourth-order valence-corrected chi connectivity index (χ4v) is 1.37. The fourth-order valence-electron chi connectivity index (χ4n) is 1.37. The smallest absolute Gasteiger partial charge is 0.0626 e. The van der Waals surface area contributed by atoms with Crippen molar-refractivity contribution in [3.8, 4) is 0 Å². The summed E-state index contributed by atoms with van der Waals surface area (Å²) in [7, 11) is 0. The normalized spacial score (nSPS) is 29.3. The molecule has 52 valence electrons. The molecule has 9 heavy (non-hydrogen) atoms. The Hall–Kier alpha value is -0.530. The van der Waals surface area contributed by atoms with E-state index < -0.39 is 0 Å². The van der Waals surface area contributed by atoms with Gasteiger partial charge in [0.15, 0.2) is 0 Å². The Kier molecular flexibility index (Phi) is 1.47. The van der Waals surface area contributed by atoms with E-state index in [0.717, 1.165) is 18.6 Å². The van der Waals surface area contributed by atoms with Crippen LogP contribution >= 0.6 is 0 Å². The lowest BCUT2D eigenvalue weighted by Crippen LogP contribution is -2.16. The minimum atomic E-state index is 0.161. The highest BCUT2D eigenvalue weighted by atomic mass is 16.4. The summed E-state index contributed by atoms with van der Waals surface area (Å²) in [6, 6.07) is 0. The summed E-state index contributed by atoms with van der Waals surface area (Å²) < 4.78 is 0. The maximum atomic E-state index is 8.49. The van der Waals surface area contributed by atoms with Crippen LogP contribution in [-0.4, -0.2) is 10.9 Å². The van der Waals surface area contributed by atoms with Gasteiger partial charge in [-0.05, 0) is 19.3 Å². The minimum Gasteiger partial charge on any atom is -0.411 e. The summed E-state index contributed by atoms with van der Waals surface area (Å²) in [6.45, 7) is 4.24. The van der Waals surface area contributed by atoms with Gasteiger partial charge in [-0.3, -0.25) is 0 Å². The molecule has 0 unspecified atom stereocenters. The van der Waals surface area contributed by atoms with Crippen LogP contribution < -0.4 is 0 Å². The van der Waals surface area contributed by atoms with E-state index in [4.69, 9.17) is 5.21 Å². The van der Waals surface area contributed by atoms with Crippen molar-refractivity contribution >= 4 is 5.71 Å². The molecule has 2 nitrogen and oxygen atoms in total. The molecule has 0 aromatic heterocycles. The lowest BCUT2D eigenvalue weighted by atomic mass is 9.90. The van der Waals surface area contributed by atoms with Gasteiger partial charge >= 0.3 is 0 Å². The molecule has 1 saturated carbocycles. The zero-order valence-electron chi connectivity index (χ0n) is 6.02. The summed E-state index contributed by atoms with van der Waals surface area (Å²) in [5.41, 5.74) is 1.12. The van der Waals surface area contributed by atoms with Crippen molar-refractivity contribution in [2.24, 2.45) is 10.6 Å². The third-order valence-electron chi connectivity index (χ3n) is 2.12. The molecule has 0 amide bonds. The summed E-state index contributed by atoms with van der Waals surface area (Å²) in [5.74, 6) is 0. The molecular formula is C7H13NO. The van der Waals surface area contributed by atoms with Gasteiger partial charge < -0.3 is 5.21 Å². The molecule has 0 atom stereocenters. The van der Waals surface area contributed by atoms with Crippen molar-refractivity contribution in [3.05, 3.63) is 0 Å². The van der Waals surface area contributed by atoms with E-state index in [-0.39, 0.29) is 5.41 Å². The molecule has 0 heterocycles. The Balaban J connectivity index is 2.75. The van der Waals surface area contributed by atoms with Crippen LogP contribution in [0.25, 0.3) is 0 Å². The van der Waals surface area contributed by atoms with Crippen molar-refractivity contribution in [2.75, 3.05) is 0 Å². The van der Waals surface area contributed by atoms with Crippen molar-refractivity contribution < 1.29 is 5.21 Å². The number of hydrogen-bond donors (Lipinski definition) is 1. The monoisotopic (exact) mass is 127 g/mol. The molecule has 0 spiro atoms. The first kappa shape index (κ1) is 6.59. The van der Waals surface area contributed by atoms with Crippen LogP contribution in [0.1, 0.15) is 33.1 Å². The molecule has 0 saturated heterocycles. The molecule has 1 rings (SSSR count). The second-order valence-electron chi connectivity index (χ2n) is 3.28. The van der Waals surface area contributed by atoms with Crippen LogP contribution in [0.3, 0.4) is 0 Å². The topological polar surface area (TPSA) is 32.6 Å². The van der Waals surface area contributed by atoms with Gasteiger partial charge in [0.05, 0.1) is 5.71 Å². The SMILES string of the molecule is CC1(C)CCC/C1=N\O. The Labute approximate surface area is 55.6 Å². The van der Waals surface area contributed by atoms with E-state index >= 15 is 0 Å². The Morgan fingerprint density at radius 2 is 2.22 bits per heavy atom. The Bertz CT molecular complexity index is 138. The van der Waals surface area contributed by atoms with Crippen molar-refractivity contribution in [2.45, 2.75) is 33.1 Å². The first-order valence-corrected chi connectivity index (χ1v) is 3.38. The Morgan fingerprint density at radius 3 is 2.44 bits per heavy atom. The van der Waals surface area contributed by atoms with Crippen LogP contribution in [0, 0.1) is 5.41 Å². The first-order valence-electron chi connectivity index (χ1n) is 3.38. The number of rotatable bonds is 0. The lowest BCUT2D eigenvalue weighted by Gasteiger charge is -2.15. The summed E-state index contributed by atoms with van der Waals surface area (Å²) in [6.07, 6.45) is 3.31. The van der Waals surface area contributed by atoms with E-state index in [1.54, 1.807) is 0 Å². The molecule has 0 aromatic carbocycles. The maximum absolute atomic E-state index is 8.49. The summed E-state index contributed by atoms with van der Waals surface area (Å²) in [4.78, 5) is 0. The predicted molar refractivity (Wildman–Crippen MR) is 36.9 cm³/mol. The highest BCUT2D eigenvalue weighted by Crippen LogP contribution is 2.34. The van der Waals surface area contributed by atoms with E-state index in [1.807, 2.05) is 0 Å². The molecule has 1 aliphatic carbocycles. The summed E-state index contributed by atoms with van der Waals surface area (Å²) >= 11 is 0. The van der Waals surface area contributed by atoms with E-state index in [9.17, 15) is 0 Å². The van der Waals surface area contributed by atoms with Gasteiger partial charge in [0, 0.05) is 5.41 Å². The van der Waals surface area contributed by atoms with Crippen LogP contribution in [0.5, 0.6) is 0 Å². The highest BCUT2D eigenvalue weighted by molar-refractivity contribution is 5.90. The summed E-state index contributed by atoms with van der Waals surface area (Å²) in [5, 5.41) is 11.7. The zero-order chi connectivity index (χ0) is 6.91. The number of nitrogens with zero attached hydrogens (tertiary/aromatic N) is 1. The minimum absolute atomic E-state index is 0.161. The lowest BCUT2D eigenvalue weighted by molar-refractivity contribution is 0.310. The van der Waals surface area contributed by atoms with Gasteiger partial charge in [-0.25, -0.2) is 0 Å². The van der Waals surface area contributed by atoms with Crippen molar-refractivity contribution in [3.63, 3.8) is 0 Å². The van der Waals surface area contributed by atoms with Crippen LogP contribution in [0.15, 0.2) is 5.16 Å². The highest BCUT2D eigenvalue weighted by Gasteiger charge is 2.30. The molecule has 1 aliphatic rings. The quantitative estimate of drug-likeness (QED) is 0.392. The molecule has 0 aromatic rings. The zero-order valence-corrected chi connectivity index (χ0v) is 6.02. The second kappa shape index (κ2) is 2.01. The third kappa shape index (κ3) is 1.07. The first-order chi connectivity index (χ1) is 4.17. The van der Waals surface area contributed by atoms with Gasteiger partial charge in [-0.1, -0.05) is 19.0 Å². The van der Waals surface area contributed by atoms with E-state index in [1.165, 1.54) is 6.42 Å². The van der Waals surface area contributed by atoms with E-state index in [0.29, 0.717) is 0 Å². The fraction of sp³-hybridized carbons (Fsp3) is 0.857. The van der Waals surface area contributed by atoms with Crippen molar-refractivity contribution in [1.82, 2.24) is 0 Å². The van der Waals surface area contributed by atoms with Gasteiger partial charge in [0.25, 0.3) is 0 Å². The van der Waals surface area contributed by atoms with Gasteiger partial charge in [0.2, 0.25) is 0 Å². The van der Waals surface area contributed by atoms with Crippen LogP contribution in [0.4, 0.5) is 0 Å². The van der Waals surface area contributed by atoms with E-state index in [2.05, 4.69) is 19.0 Å². The molecule has 1 N–H and O–H groups in total. The average Bonchev–Trinajstić information content (AvgIpc) is 2.08. The predicted octanol–water partition coefficient (Wildman–Crippen LogP) is 2.03. The van der Waals surface area contributed by atoms with Crippen LogP contribution in [-0.2, 0) is 0 Å². The standard InChI is InChI=1S/C7H13NO/c1-7(2)5-3-4-6(7)8-9/h9H,3-5H2,1-2H3/b8-6+. The molecule has 0 bridgehead atoms. The molecule has 1 fully saturated rings. The second-order valence-corrected chi connectivity index (χ2v) is 3.28. The van der Waals surface area contributed by atoms with Gasteiger partial charge in [0.1, 0.15) is 0 Å². The average molecular weight is 127 g/mol. The van der Waals surface area contributed by atoms with Crippen molar-refractivity contribution in [1.29, 1.82) is 0 Å². The number of oxime groups is 1. The number of hydrogen-bond acceptors (Lipinski definition) is 2. The van der Waals surface area contributed by atoms with Gasteiger partial charge in [-0.2, -0.15) is 0 Å². The third-order valence-corrected chi connectivity index (χ3v) is 2.12. The maximum Gasteiger partial charge on any atom is 0.0626 e. The largest absolute Gasteiger partial charge is 0.411 e. The molecule has 2 heteroatoms. The molecular weight excluding hydrogens is 114 g/mol. The molecule has 0 aliphatic heterocycles. The van der Waals surface area contributed by atoms with Gasteiger partial charge in [-0.15, -0.1) is 0 Å². The Morgan fingerprint density at radius 1 is 1.56 bits per heavy atom.